The van der Waals surface area contributed by atoms with E-state index in [-0.39, 0.29) is 17.4 Å². The molecule has 0 aliphatic heterocycles. The van der Waals surface area contributed by atoms with Crippen LogP contribution < -0.4 is 5.56 Å². The summed E-state index contributed by atoms with van der Waals surface area (Å²) in [5, 5.41) is 4.20. The van der Waals surface area contributed by atoms with Gasteiger partial charge >= 0.3 is 5.97 Å². The van der Waals surface area contributed by atoms with E-state index in [1.54, 1.807) is 6.20 Å². The quantitative estimate of drug-likeness (QED) is 0.673. The fourth-order valence-electron chi connectivity index (χ4n) is 2.34. The van der Waals surface area contributed by atoms with Crippen molar-refractivity contribution in [1.82, 2.24) is 14.6 Å². The standard InChI is InChI=1S/C18H18BrN3O3/c1-4-11(3)25-18(24)14-8-16-17(23)20-15(9-22(16)21-14)12-6-5-10(2)13(19)7-12/h5-9,11H,4H2,1-3H3,(H,20,23). The molecule has 1 aromatic carbocycles. The number of halogens is 1. The van der Waals surface area contributed by atoms with Crippen LogP contribution in [0.15, 0.2) is 39.7 Å². The molecule has 6 nitrogen and oxygen atoms in total. The first-order valence-electron chi connectivity index (χ1n) is 7.99. The summed E-state index contributed by atoms with van der Waals surface area (Å²) in [6.07, 6.45) is 2.20. The normalized spacial score (nSPS) is 12.3. The number of aryl methyl sites for hydroxylation is 1. The van der Waals surface area contributed by atoms with E-state index in [4.69, 9.17) is 4.74 Å². The van der Waals surface area contributed by atoms with Crippen molar-refractivity contribution in [2.75, 3.05) is 0 Å². The fourth-order valence-corrected chi connectivity index (χ4v) is 2.72. The second-order valence-corrected chi connectivity index (χ2v) is 6.80. The van der Waals surface area contributed by atoms with Crippen molar-refractivity contribution >= 4 is 27.4 Å². The number of ether oxygens (including phenoxy) is 1. The summed E-state index contributed by atoms with van der Waals surface area (Å²) in [5.41, 5.74) is 2.66. The minimum Gasteiger partial charge on any atom is -0.458 e. The van der Waals surface area contributed by atoms with Gasteiger partial charge in [0.05, 0.1) is 18.0 Å². The van der Waals surface area contributed by atoms with Crippen molar-refractivity contribution in [2.45, 2.75) is 33.3 Å². The van der Waals surface area contributed by atoms with Crippen LogP contribution in [0.5, 0.6) is 0 Å². The third-order valence-electron chi connectivity index (χ3n) is 4.04. The zero-order valence-corrected chi connectivity index (χ0v) is 15.8. The monoisotopic (exact) mass is 403 g/mol. The number of aromatic nitrogens is 3. The number of fused-ring (bicyclic) bond motifs is 1. The van der Waals surface area contributed by atoms with Crippen molar-refractivity contribution in [2.24, 2.45) is 0 Å². The topological polar surface area (TPSA) is 76.5 Å². The second-order valence-electron chi connectivity index (χ2n) is 5.94. The van der Waals surface area contributed by atoms with Gasteiger partial charge in [0.2, 0.25) is 0 Å². The number of nitrogens with one attached hydrogen (secondary N) is 1. The fraction of sp³-hybridized carbons (Fsp3) is 0.278. The molecule has 0 saturated carbocycles. The summed E-state index contributed by atoms with van der Waals surface area (Å²) in [6, 6.07) is 7.24. The lowest BCUT2D eigenvalue weighted by Crippen LogP contribution is -2.14. The lowest BCUT2D eigenvalue weighted by molar-refractivity contribution is 0.0327. The average molecular weight is 404 g/mol. The maximum atomic E-state index is 12.4. The molecule has 3 aromatic rings. The first-order chi connectivity index (χ1) is 11.9. The minimum absolute atomic E-state index is 0.119. The molecule has 2 aromatic heterocycles. The molecule has 2 heterocycles. The van der Waals surface area contributed by atoms with Gasteiger partial charge in [-0.1, -0.05) is 35.0 Å². The number of hydrogen-bond acceptors (Lipinski definition) is 4. The summed E-state index contributed by atoms with van der Waals surface area (Å²) < 4.78 is 7.63. The Hall–Kier alpha value is -2.41. The van der Waals surface area contributed by atoms with Gasteiger partial charge in [0.1, 0.15) is 5.52 Å². The van der Waals surface area contributed by atoms with Gasteiger partial charge in [-0.2, -0.15) is 5.10 Å². The van der Waals surface area contributed by atoms with Crippen LogP contribution in [-0.2, 0) is 4.74 Å². The van der Waals surface area contributed by atoms with Gasteiger partial charge in [0, 0.05) is 16.1 Å². The molecule has 130 valence electrons. The van der Waals surface area contributed by atoms with E-state index in [2.05, 4.69) is 26.0 Å². The Bertz CT molecular complexity index is 1010. The van der Waals surface area contributed by atoms with Crippen LogP contribution in [0, 0.1) is 6.92 Å². The van der Waals surface area contributed by atoms with E-state index < -0.39 is 5.97 Å². The Morgan fingerprint density at radius 3 is 2.84 bits per heavy atom. The molecular weight excluding hydrogens is 386 g/mol. The summed E-state index contributed by atoms with van der Waals surface area (Å²) in [5.74, 6) is -0.530. The van der Waals surface area contributed by atoms with Gasteiger partial charge < -0.3 is 9.72 Å². The number of carbonyl (C=O) groups excluding carboxylic acids is 1. The third-order valence-corrected chi connectivity index (χ3v) is 4.90. The van der Waals surface area contributed by atoms with Gasteiger partial charge in [0.15, 0.2) is 5.69 Å². The third kappa shape index (κ3) is 3.51. The van der Waals surface area contributed by atoms with E-state index in [0.29, 0.717) is 17.6 Å². The van der Waals surface area contributed by atoms with Crippen LogP contribution in [0.25, 0.3) is 16.8 Å². The van der Waals surface area contributed by atoms with Crippen LogP contribution in [-0.4, -0.2) is 26.7 Å². The van der Waals surface area contributed by atoms with E-state index in [1.807, 2.05) is 39.0 Å². The molecule has 3 rings (SSSR count). The first-order valence-corrected chi connectivity index (χ1v) is 8.78. The summed E-state index contributed by atoms with van der Waals surface area (Å²) in [6.45, 7) is 5.73. The lowest BCUT2D eigenvalue weighted by Gasteiger charge is -2.08. The highest BCUT2D eigenvalue weighted by Crippen LogP contribution is 2.24. The molecule has 0 amide bonds. The van der Waals surface area contributed by atoms with Gasteiger partial charge in [0.25, 0.3) is 5.56 Å². The lowest BCUT2D eigenvalue weighted by atomic mass is 10.1. The highest BCUT2D eigenvalue weighted by atomic mass is 79.9. The summed E-state index contributed by atoms with van der Waals surface area (Å²) in [4.78, 5) is 27.3. The minimum atomic E-state index is -0.530. The molecule has 0 aliphatic rings. The van der Waals surface area contributed by atoms with E-state index in [9.17, 15) is 9.59 Å². The van der Waals surface area contributed by atoms with Crippen molar-refractivity contribution in [3.8, 4) is 11.3 Å². The molecule has 1 N–H and O–H groups in total. The Morgan fingerprint density at radius 2 is 2.16 bits per heavy atom. The zero-order chi connectivity index (χ0) is 18.1. The van der Waals surface area contributed by atoms with Crippen molar-refractivity contribution in [3.05, 3.63) is 56.5 Å². The van der Waals surface area contributed by atoms with Gasteiger partial charge in [-0.25, -0.2) is 9.31 Å². The maximum absolute atomic E-state index is 12.4. The molecule has 25 heavy (non-hydrogen) atoms. The number of nitrogens with zero attached hydrogens (tertiary/aromatic N) is 2. The van der Waals surface area contributed by atoms with E-state index in [0.717, 1.165) is 15.6 Å². The number of aromatic amines is 1. The first kappa shape index (κ1) is 17.4. The average Bonchev–Trinajstić information content (AvgIpc) is 3.02. The molecule has 1 atom stereocenters. The largest absolute Gasteiger partial charge is 0.458 e. The molecule has 0 saturated heterocycles. The molecule has 1 unspecified atom stereocenters. The molecule has 0 radical (unpaired) electrons. The van der Waals surface area contributed by atoms with Crippen molar-refractivity contribution in [1.29, 1.82) is 0 Å². The predicted octanol–water partition coefficient (Wildman–Crippen LogP) is 3.72. The summed E-state index contributed by atoms with van der Waals surface area (Å²) in [7, 11) is 0. The number of rotatable bonds is 4. The molecule has 0 spiro atoms. The number of H-pyrrole nitrogens is 1. The zero-order valence-electron chi connectivity index (χ0n) is 14.2. The Kier molecular flexibility index (Phi) is 4.76. The van der Waals surface area contributed by atoms with E-state index >= 15 is 0 Å². The predicted molar refractivity (Wildman–Crippen MR) is 98.9 cm³/mol. The van der Waals surface area contributed by atoms with Crippen molar-refractivity contribution < 1.29 is 9.53 Å². The van der Waals surface area contributed by atoms with Crippen LogP contribution in [0.2, 0.25) is 0 Å². The highest BCUT2D eigenvalue weighted by Gasteiger charge is 2.17. The maximum Gasteiger partial charge on any atom is 0.359 e. The number of carbonyl (C=O) groups is 1. The van der Waals surface area contributed by atoms with Crippen LogP contribution in [0.1, 0.15) is 36.3 Å². The molecule has 0 fully saturated rings. The summed E-state index contributed by atoms with van der Waals surface area (Å²) >= 11 is 3.49. The number of esters is 1. The number of benzene rings is 1. The van der Waals surface area contributed by atoms with Gasteiger partial charge in [-0.3, -0.25) is 4.79 Å². The van der Waals surface area contributed by atoms with Crippen LogP contribution >= 0.6 is 15.9 Å². The smallest absolute Gasteiger partial charge is 0.359 e. The van der Waals surface area contributed by atoms with Gasteiger partial charge in [-0.15, -0.1) is 0 Å². The SMILES string of the molecule is CCC(C)OC(=O)c1cc2c(=O)[nH]c(-c3ccc(C)c(Br)c3)cn2n1. The molecule has 0 aliphatic carbocycles. The molecular formula is C18H18BrN3O3. The Morgan fingerprint density at radius 1 is 1.40 bits per heavy atom. The van der Waals surface area contributed by atoms with Gasteiger partial charge in [-0.05, 0) is 31.9 Å². The second kappa shape index (κ2) is 6.84. The molecule has 0 bridgehead atoms. The number of hydrogen-bond donors (Lipinski definition) is 1. The highest BCUT2D eigenvalue weighted by molar-refractivity contribution is 9.10. The molecule has 7 heteroatoms. The van der Waals surface area contributed by atoms with Crippen LogP contribution in [0.3, 0.4) is 0 Å². The van der Waals surface area contributed by atoms with E-state index in [1.165, 1.54) is 10.6 Å². The van der Waals surface area contributed by atoms with Crippen LogP contribution in [0.4, 0.5) is 0 Å². The Balaban J connectivity index is 2.03. The Labute approximate surface area is 153 Å². The van der Waals surface area contributed by atoms with Crippen molar-refractivity contribution in [3.63, 3.8) is 0 Å².